The van der Waals surface area contributed by atoms with Crippen LogP contribution in [0.15, 0.2) is 60.7 Å². The fraction of sp³-hybridized carbons (Fsp3) is 0.200. The summed E-state index contributed by atoms with van der Waals surface area (Å²) in [5.74, 6) is 0.946. The third-order valence-electron chi connectivity index (χ3n) is 5.99. The van der Waals surface area contributed by atoms with Crippen LogP contribution in [0.5, 0.6) is 5.75 Å². The topological polar surface area (TPSA) is 61.3 Å². The molecule has 5 nitrogen and oxygen atoms in total. The van der Waals surface area contributed by atoms with Crippen molar-refractivity contribution in [2.24, 2.45) is 0 Å². The first-order valence-corrected chi connectivity index (χ1v) is 10.4. The lowest BCUT2D eigenvalue weighted by Gasteiger charge is -2.36. The maximum atomic E-state index is 13.5. The molecule has 0 saturated heterocycles. The van der Waals surface area contributed by atoms with Crippen LogP contribution in [0.3, 0.4) is 0 Å². The normalized spacial score (nSPS) is 15.7. The van der Waals surface area contributed by atoms with Gasteiger partial charge in [0, 0.05) is 17.6 Å². The summed E-state index contributed by atoms with van der Waals surface area (Å²) in [6, 6.07) is 18.5. The Bertz CT molecular complexity index is 1290. The number of phenols is 1. The number of halogens is 1. The molecule has 1 unspecified atom stereocenters. The summed E-state index contributed by atoms with van der Waals surface area (Å²) in [5, 5.41) is 14.5. The number of hydrogen-bond donors (Lipinski definition) is 2. The summed E-state index contributed by atoms with van der Waals surface area (Å²) >= 11 is 0. The molecule has 1 aliphatic rings. The van der Waals surface area contributed by atoms with Gasteiger partial charge in [0.25, 0.3) is 0 Å². The van der Waals surface area contributed by atoms with Crippen LogP contribution in [0.2, 0.25) is 0 Å². The molecule has 0 aliphatic carbocycles. The van der Waals surface area contributed by atoms with Crippen molar-refractivity contribution in [3.05, 3.63) is 83.2 Å². The molecule has 1 aliphatic heterocycles. The summed E-state index contributed by atoms with van der Waals surface area (Å²) in [5.41, 5.74) is 4.60. The van der Waals surface area contributed by atoms with Crippen LogP contribution in [-0.2, 0) is 6.42 Å². The number of anilines is 3. The predicted octanol–water partition coefficient (Wildman–Crippen LogP) is 5.65. The van der Waals surface area contributed by atoms with Crippen molar-refractivity contribution >= 4 is 28.4 Å². The maximum Gasteiger partial charge on any atom is 0.229 e. The molecule has 1 aromatic heterocycles. The minimum Gasteiger partial charge on any atom is -0.506 e. The highest BCUT2D eigenvalue weighted by Crippen LogP contribution is 2.38. The van der Waals surface area contributed by atoms with E-state index in [0.717, 1.165) is 35.4 Å². The standard InChI is InChI=1S/C25H23FN4O/c1-15-14-18(26)10-11-21(15)27-25-28-23-20(8-5-9-22(23)31)24(29-25)30-13-12-17-6-3-4-7-19(17)16(30)2/h3-11,14,16,31H,12-13H2,1-2H3,(H,27,28,29). The number of benzene rings is 3. The summed E-state index contributed by atoms with van der Waals surface area (Å²) in [4.78, 5) is 11.7. The number of nitrogens with one attached hydrogen (secondary N) is 1. The molecule has 156 valence electrons. The van der Waals surface area contributed by atoms with Crippen LogP contribution in [0.1, 0.15) is 29.7 Å². The van der Waals surface area contributed by atoms with Gasteiger partial charge in [-0.25, -0.2) is 9.37 Å². The van der Waals surface area contributed by atoms with E-state index >= 15 is 0 Å². The van der Waals surface area contributed by atoms with Crippen molar-refractivity contribution in [3.8, 4) is 5.75 Å². The second-order valence-corrected chi connectivity index (χ2v) is 7.95. The average molecular weight is 414 g/mol. The summed E-state index contributed by atoms with van der Waals surface area (Å²) < 4.78 is 13.5. The van der Waals surface area contributed by atoms with Gasteiger partial charge in [-0.05, 0) is 67.3 Å². The first kappa shape index (κ1) is 19.3. The van der Waals surface area contributed by atoms with Gasteiger partial charge in [-0.3, -0.25) is 0 Å². The number of aromatic nitrogens is 2. The number of aryl methyl sites for hydroxylation is 1. The number of rotatable bonds is 3. The van der Waals surface area contributed by atoms with Crippen LogP contribution in [0, 0.1) is 12.7 Å². The average Bonchev–Trinajstić information content (AvgIpc) is 2.76. The minimum absolute atomic E-state index is 0.102. The fourth-order valence-electron chi connectivity index (χ4n) is 4.34. The highest BCUT2D eigenvalue weighted by molar-refractivity contribution is 5.94. The van der Waals surface area contributed by atoms with Gasteiger partial charge in [0.1, 0.15) is 22.9 Å². The molecule has 0 fully saturated rings. The number of phenolic OH excluding ortho intramolecular Hbond substituents is 1. The molecule has 3 aromatic carbocycles. The molecule has 1 atom stereocenters. The molecule has 0 spiro atoms. The lowest BCUT2D eigenvalue weighted by atomic mass is 9.93. The lowest BCUT2D eigenvalue weighted by Crippen LogP contribution is -2.34. The van der Waals surface area contributed by atoms with Crippen LogP contribution in [-0.4, -0.2) is 21.6 Å². The Morgan fingerprint density at radius 1 is 1.06 bits per heavy atom. The largest absolute Gasteiger partial charge is 0.506 e. The number of hydrogen-bond acceptors (Lipinski definition) is 5. The highest BCUT2D eigenvalue weighted by Gasteiger charge is 2.27. The van der Waals surface area contributed by atoms with E-state index in [1.807, 2.05) is 19.1 Å². The van der Waals surface area contributed by atoms with Gasteiger partial charge in [-0.1, -0.05) is 30.3 Å². The van der Waals surface area contributed by atoms with Crippen LogP contribution in [0.25, 0.3) is 10.9 Å². The van der Waals surface area contributed by atoms with Gasteiger partial charge < -0.3 is 15.3 Å². The molecule has 5 rings (SSSR count). The number of aromatic hydroxyl groups is 1. The Balaban J connectivity index is 1.63. The summed E-state index contributed by atoms with van der Waals surface area (Å²) in [6.45, 7) is 4.81. The van der Waals surface area contributed by atoms with Gasteiger partial charge in [0.2, 0.25) is 5.95 Å². The quantitative estimate of drug-likeness (QED) is 0.454. The Hall–Kier alpha value is -3.67. The molecule has 0 amide bonds. The van der Waals surface area contributed by atoms with Crippen molar-refractivity contribution < 1.29 is 9.50 Å². The van der Waals surface area contributed by atoms with Gasteiger partial charge in [-0.2, -0.15) is 4.98 Å². The smallest absolute Gasteiger partial charge is 0.229 e. The Kier molecular flexibility index (Phi) is 4.70. The molecule has 2 heterocycles. The van der Waals surface area contributed by atoms with Crippen molar-refractivity contribution in [1.82, 2.24) is 9.97 Å². The summed E-state index contributed by atoms with van der Waals surface area (Å²) in [7, 11) is 0. The third-order valence-corrected chi connectivity index (χ3v) is 5.99. The molecule has 0 bridgehead atoms. The van der Waals surface area contributed by atoms with E-state index in [1.165, 1.54) is 23.3 Å². The van der Waals surface area contributed by atoms with Crippen LogP contribution >= 0.6 is 0 Å². The van der Waals surface area contributed by atoms with Crippen molar-refractivity contribution in [3.63, 3.8) is 0 Å². The lowest BCUT2D eigenvalue weighted by molar-refractivity contribution is 0.480. The van der Waals surface area contributed by atoms with Crippen molar-refractivity contribution in [2.45, 2.75) is 26.3 Å². The highest BCUT2D eigenvalue weighted by atomic mass is 19.1. The van der Waals surface area contributed by atoms with E-state index in [9.17, 15) is 9.50 Å². The zero-order valence-electron chi connectivity index (χ0n) is 17.4. The molecular formula is C25H23FN4O. The molecule has 0 saturated carbocycles. The van der Waals surface area contributed by atoms with Gasteiger partial charge in [-0.15, -0.1) is 0 Å². The SMILES string of the molecule is Cc1cc(F)ccc1Nc1nc(N2CCc3ccccc3C2C)c2cccc(O)c2n1. The predicted molar refractivity (Wildman–Crippen MR) is 122 cm³/mol. The number of fused-ring (bicyclic) bond motifs is 2. The van der Waals surface area contributed by atoms with E-state index in [2.05, 4.69) is 46.4 Å². The molecule has 4 aromatic rings. The van der Waals surface area contributed by atoms with E-state index < -0.39 is 0 Å². The van der Waals surface area contributed by atoms with Gasteiger partial charge in [0.15, 0.2) is 0 Å². The zero-order valence-corrected chi connectivity index (χ0v) is 17.4. The van der Waals surface area contributed by atoms with Crippen LogP contribution < -0.4 is 10.2 Å². The molecule has 2 N–H and O–H groups in total. The minimum atomic E-state index is -0.290. The van der Waals surface area contributed by atoms with Gasteiger partial charge >= 0.3 is 0 Å². The fourth-order valence-corrected chi connectivity index (χ4v) is 4.34. The number of para-hydroxylation sites is 1. The third kappa shape index (κ3) is 3.44. The second-order valence-electron chi connectivity index (χ2n) is 7.95. The first-order valence-electron chi connectivity index (χ1n) is 10.4. The van der Waals surface area contributed by atoms with E-state index in [4.69, 9.17) is 4.98 Å². The van der Waals surface area contributed by atoms with E-state index in [-0.39, 0.29) is 17.6 Å². The summed E-state index contributed by atoms with van der Waals surface area (Å²) in [6.07, 6.45) is 0.921. The van der Waals surface area contributed by atoms with E-state index in [1.54, 1.807) is 12.1 Å². The Labute approximate surface area is 180 Å². The zero-order chi connectivity index (χ0) is 21.5. The van der Waals surface area contributed by atoms with Crippen LogP contribution in [0.4, 0.5) is 21.8 Å². The molecule has 6 heteroatoms. The van der Waals surface area contributed by atoms with Crippen molar-refractivity contribution in [2.75, 3.05) is 16.8 Å². The first-order chi connectivity index (χ1) is 15.0. The van der Waals surface area contributed by atoms with Gasteiger partial charge in [0.05, 0.1) is 6.04 Å². The van der Waals surface area contributed by atoms with E-state index in [0.29, 0.717) is 11.5 Å². The number of nitrogens with zero attached hydrogens (tertiary/aromatic N) is 3. The maximum absolute atomic E-state index is 13.5. The molecule has 0 radical (unpaired) electrons. The Morgan fingerprint density at radius 3 is 2.74 bits per heavy atom. The molecular weight excluding hydrogens is 391 g/mol. The Morgan fingerprint density at radius 2 is 1.90 bits per heavy atom. The molecule has 31 heavy (non-hydrogen) atoms. The van der Waals surface area contributed by atoms with Crippen molar-refractivity contribution in [1.29, 1.82) is 0 Å². The monoisotopic (exact) mass is 414 g/mol. The second kappa shape index (κ2) is 7.54.